The summed E-state index contributed by atoms with van der Waals surface area (Å²) in [7, 11) is 1.60. The number of hydrogen-bond acceptors (Lipinski definition) is 3. The Balaban J connectivity index is 3.12. The molecule has 11 heavy (non-hydrogen) atoms. The van der Waals surface area contributed by atoms with Crippen molar-refractivity contribution in [2.24, 2.45) is 7.05 Å². The molecule has 0 aliphatic rings. The maximum atomic E-state index is 10.4. The number of rotatable bonds is 2. The van der Waals surface area contributed by atoms with Crippen LogP contribution in [0.4, 0.5) is 0 Å². The lowest BCUT2D eigenvalue weighted by Crippen LogP contribution is -2.01. The lowest BCUT2D eigenvalue weighted by Gasteiger charge is -1.88. The monoisotopic (exact) mass is 156 g/mol. The first kappa shape index (κ1) is 7.74. The molecule has 2 N–H and O–H groups in total. The molecule has 1 aromatic rings. The standard InChI is InChI=1S/C6H8N2O3/c1-8-2-4(3-9)5(7-8)6(10)11/h2,9H,3H2,1H3,(H,10,11). The number of aryl methyl sites for hydroxylation is 1. The second-order valence-electron chi connectivity index (χ2n) is 2.14. The van der Waals surface area contributed by atoms with Crippen molar-refractivity contribution in [3.8, 4) is 0 Å². The summed E-state index contributed by atoms with van der Waals surface area (Å²) in [6.07, 6.45) is 1.48. The van der Waals surface area contributed by atoms with Crippen LogP contribution in [0.5, 0.6) is 0 Å². The average molecular weight is 156 g/mol. The third kappa shape index (κ3) is 1.38. The van der Waals surface area contributed by atoms with Gasteiger partial charge < -0.3 is 10.2 Å². The van der Waals surface area contributed by atoms with Gasteiger partial charge in [0, 0.05) is 18.8 Å². The van der Waals surface area contributed by atoms with Crippen LogP contribution >= 0.6 is 0 Å². The summed E-state index contributed by atoms with van der Waals surface area (Å²) < 4.78 is 1.36. The molecule has 0 spiro atoms. The summed E-state index contributed by atoms with van der Waals surface area (Å²) in [5, 5.41) is 20.8. The zero-order valence-corrected chi connectivity index (χ0v) is 5.98. The van der Waals surface area contributed by atoms with Crippen LogP contribution in [-0.4, -0.2) is 26.0 Å². The molecule has 0 saturated heterocycles. The van der Waals surface area contributed by atoms with E-state index in [-0.39, 0.29) is 12.3 Å². The van der Waals surface area contributed by atoms with E-state index in [9.17, 15) is 4.79 Å². The van der Waals surface area contributed by atoms with E-state index in [1.165, 1.54) is 10.9 Å². The molecule has 5 heteroatoms. The number of hydrogen-bond donors (Lipinski definition) is 2. The predicted octanol–water partition coefficient (Wildman–Crippen LogP) is -0.389. The largest absolute Gasteiger partial charge is 0.476 e. The first-order valence-electron chi connectivity index (χ1n) is 3.02. The summed E-state index contributed by atoms with van der Waals surface area (Å²) >= 11 is 0. The van der Waals surface area contributed by atoms with Crippen LogP contribution in [0.15, 0.2) is 6.20 Å². The van der Waals surface area contributed by atoms with E-state index in [2.05, 4.69) is 5.10 Å². The minimum Gasteiger partial charge on any atom is -0.476 e. The van der Waals surface area contributed by atoms with Crippen molar-refractivity contribution >= 4 is 5.97 Å². The van der Waals surface area contributed by atoms with E-state index in [0.29, 0.717) is 5.56 Å². The Bertz CT molecular complexity index is 279. The second kappa shape index (κ2) is 2.71. The van der Waals surface area contributed by atoms with Crippen LogP contribution in [0, 0.1) is 0 Å². The highest BCUT2D eigenvalue weighted by atomic mass is 16.4. The Labute approximate surface area is 62.9 Å². The first-order valence-corrected chi connectivity index (χ1v) is 3.02. The zero-order chi connectivity index (χ0) is 8.43. The zero-order valence-electron chi connectivity index (χ0n) is 5.98. The summed E-state index contributed by atoms with van der Waals surface area (Å²) in [5.41, 5.74) is 0.245. The fraction of sp³-hybridized carbons (Fsp3) is 0.333. The predicted molar refractivity (Wildman–Crippen MR) is 36.1 cm³/mol. The maximum Gasteiger partial charge on any atom is 0.356 e. The fourth-order valence-electron chi connectivity index (χ4n) is 0.833. The smallest absolute Gasteiger partial charge is 0.356 e. The average Bonchev–Trinajstić information content (AvgIpc) is 2.30. The van der Waals surface area contributed by atoms with Crippen LogP contribution in [0.3, 0.4) is 0 Å². The summed E-state index contributed by atoms with van der Waals surface area (Å²) in [6, 6.07) is 0. The highest BCUT2D eigenvalue weighted by Gasteiger charge is 2.12. The van der Waals surface area contributed by atoms with Crippen LogP contribution in [0.25, 0.3) is 0 Å². The quantitative estimate of drug-likeness (QED) is 0.611. The third-order valence-corrected chi connectivity index (χ3v) is 1.28. The normalized spacial score (nSPS) is 10.0. The minimum absolute atomic E-state index is 0.0880. The summed E-state index contributed by atoms with van der Waals surface area (Å²) in [4.78, 5) is 10.4. The molecule has 0 aliphatic heterocycles. The molecule has 0 unspecified atom stereocenters. The summed E-state index contributed by atoms with van der Waals surface area (Å²) in [6.45, 7) is -0.296. The van der Waals surface area contributed by atoms with Crippen molar-refractivity contribution < 1.29 is 15.0 Å². The van der Waals surface area contributed by atoms with Crippen LogP contribution in [0.2, 0.25) is 0 Å². The van der Waals surface area contributed by atoms with Crippen molar-refractivity contribution in [1.29, 1.82) is 0 Å². The minimum atomic E-state index is -1.12. The number of aromatic nitrogens is 2. The number of aliphatic hydroxyl groups is 1. The van der Waals surface area contributed by atoms with Gasteiger partial charge in [-0.1, -0.05) is 0 Å². The summed E-state index contributed by atoms with van der Waals surface area (Å²) in [5.74, 6) is -1.12. The van der Waals surface area contributed by atoms with Crippen molar-refractivity contribution in [2.75, 3.05) is 0 Å². The molecule has 1 aromatic heterocycles. The van der Waals surface area contributed by atoms with Crippen molar-refractivity contribution in [3.05, 3.63) is 17.5 Å². The van der Waals surface area contributed by atoms with Gasteiger partial charge >= 0.3 is 5.97 Å². The molecule has 0 aliphatic carbocycles. The molecular weight excluding hydrogens is 148 g/mol. The van der Waals surface area contributed by atoms with Gasteiger partial charge in [-0.25, -0.2) is 4.79 Å². The molecule has 0 aromatic carbocycles. The van der Waals surface area contributed by atoms with E-state index >= 15 is 0 Å². The molecular formula is C6H8N2O3. The van der Waals surface area contributed by atoms with E-state index in [4.69, 9.17) is 10.2 Å². The second-order valence-corrected chi connectivity index (χ2v) is 2.14. The highest BCUT2D eigenvalue weighted by Crippen LogP contribution is 2.04. The molecule has 1 rings (SSSR count). The number of aromatic carboxylic acids is 1. The van der Waals surface area contributed by atoms with Crippen LogP contribution in [0.1, 0.15) is 16.1 Å². The van der Waals surface area contributed by atoms with E-state index in [1.807, 2.05) is 0 Å². The Hall–Kier alpha value is -1.36. The van der Waals surface area contributed by atoms with Gasteiger partial charge in [0.25, 0.3) is 0 Å². The van der Waals surface area contributed by atoms with E-state index < -0.39 is 5.97 Å². The molecule has 0 amide bonds. The molecule has 0 fully saturated rings. The highest BCUT2D eigenvalue weighted by molar-refractivity contribution is 5.86. The van der Waals surface area contributed by atoms with Crippen molar-refractivity contribution in [1.82, 2.24) is 9.78 Å². The SMILES string of the molecule is Cn1cc(CO)c(C(=O)O)n1. The Morgan fingerprint density at radius 2 is 2.45 bits per heavy atom. The van der Waals surface area contributed by atoms with Gasteiger partial charge in [0.15, 0.2) is 5.69 Å². The van der Waals surface area contributed by atoms with Gasteiger partial charge in [0.2, 0.25) is 0 Å². The van der Waals surface area contributed by atoms with Gasteiger partial charge in [-0.2, -0.15) is 5.10 Å². The first-order chi connectivity index (χ1) is 5.15. The molecule has 0 saturated carbocycles. The van der Waals surface area contributed by atoms with Crippen molar-refractivity contribution in [3.63, 3.8) is 0 Å². The molecule has 0 bridgehead atoms. The Morgan fingerprint density at radius 3 is 2.82 bits per heavy atom. The number of nitrogens with zero attached hydrogens (tertiary/aromatic N) is 2. The lowest BCUT2D eigenvalue weighted by atomic mass is 10.3. The fourth-order valence-corrected chi connectivity index (χ4v) is 0.833. The number of carboxylic acids is 1. The molecule has 0 atom stereocenters. The van der Waals surface area contributed by atoms with E-state index in [0.717, 1.165) is 0 Å². The Kier molecular flexibility index (Phi) is 1.91. The molecule has 5 nitrogen and oxygen atoms in total. The van der Waals surface area contributed by atoms with Crippen molar-refractivity contribution in [2.45, 2.75) is 6.61 Å². The number of aliphatic hydroxyl groups excluding tert-OH is 1. The van der Waals surface area contributed by atoms with Gasteiger partial charge in [0.1, 0.15) is 0 Å². The van der Waals surface area contributed by atoms with Gasteiger partial charge in [-0.15, -0.1) is 0 Å². The van der Waals surface area contributed by atoms with Gasteiger partial charge in [-0.05, 0) is 0 Å². The Morgan fingerprint density at radius 1 is 1.82 bits per heavy atom. The number of carbonyl (C=O) groups is 1. The number of carboxylic acid groups (broad SMARTS) is 1. The lowest BCUT2D eigenvalue weighted by molar-refractivity contribution is 0.0686. The van der Waals surface area contributed by atoms with E-state index in [1.54, 1.807) is 7.05 Å². The van der Waals surface area contributed by atoms with Crippen LogP contribution < -0.4 is 0 Å². The molecule has 0 radical (unpaired) electrons. The maximum absolute atomic E-state index is 10.4. The molecule has 60 valence electrons. The van der Waals surface area contributed by atoms with Gasteiger partial charge in [-0.3, -0.25) is 4.68 Å². The van der Waals surface area contributed by atoms with Gasteiger partial charge in [0.05, 0.1) is 6.61 Å². The third-order valence-electron chi connectivity index (χ3n) is 1.28. The molecule has 1 heterocycles. The van der Waals surface area contributed by atoms with Crippen LogP contribution in [-0.2, 0) is 13.7 Å². The topological polar surface area (TPSA) is 75.4 Å².